The molecule has 4 nitrogen and oxygen atoms in total. The van der Waals surface area contributed by atoms with E-state index in [4.69, 9.17) is 9.47 Å². The largest absolute Gasteiger partial charge is 0.493 e. The van der Waals surface area contributed by atoms with Crippen LogP contribution in [0.4, 0.5) is 0 Å². The third kappa shape index (κ3) is 5.22. The number of ether oxygens (including phenoxy) is 2. The van der Waals surface area contributed by atoms with Gasteiger partial charge in [0.15, 0.2) is 11.5 Å². The van der Waals surface area contributed by atoms with Crippen molar-refractivity contribution in [2.24, 2.45) is 0 Å². The van der Waals surface area contributed by atoms with Crippen molar-refractivity contribution in [2.45, 2.75) is 20.0 Å². The molecule has 0 N–H and O–H groups in total. The minimum Gasteiger partial charge on any atom is -0.493 e. The average Bonchev–Trinajstić information content (AvgIpc) is 2.64. The summed E-state index contributed by atoms with van der Waals surface area (Å²) in [6.45, 7) is 8.99. The van der Waals surface area contributed by atoms with E-state index in [9.17, 15) is 0 Å². The Balaban J connectivity index is 1.53. The number of methoxy groups -OCH3 is 1. The molecule has 1 aliphatic rings. The summed E-state index contributed by atoms with van der Waals surface area (Å²) in [5.41, 5.74) is 2.64. The average molecular weight is 419 g/mol. The first-order valence-corrected chi connectivity index (χ1v) is 9.96. The molecule has 0 radical (unpaired) electrons. The summed E-state index contributed by atoms with van der Waals surface area (Å²) in [7, 11) is 1.68. The van der Waals surface area contributed by atoms with Crippen LogP contribution >= 0.6 is 15.9 Å². The Morgan fingerprint density at radius 2 is 1.54 bits per heavy atom. The molecule has 0 aliphatic carbocycles. The SMILES string of the molecule is CCOc1cc(CN2CCN(Cc3cccc(Br)c3)CC2)ccc1OC. The Morgan fingerprint density at radius 3 is 2.12 bits per heavy atom. The Morgan fingerprint density at radius 1 is 0.885 bits per heavy atom. The minimum absolute atomic E-state index is 0.647. The molecule has 2 aromatic carbocycles. The fourth-order valence-corrected chi connectivity index (χ4v) is 3.79. The van der Waals surface area contributed by atoms with Crippen molar-refractivity contribution < 1.29 is 9.47 Å². The number of rotatable bonds is 7. The third-order valence-corrected chi connectivity index (χ3v) is 5.19. The van der Waals surface area contributed by atoms with Crippen molar-refractivity contribution in [3.63, 3.8) is 0 Å². The van der Waals surface area contributed by atoms with Gasteiger partial charge in [-0.1, -0.05) is 34.1 Å². The van der Waals surface area contributed by atoms with Gasteiger partial charge in [-0.2, -0.15) is 0 Å². The first-order chi connectivity index (χ1) is 12.7. The second-order valence-corrected chi connectivity index (χ2v) is 7.52. The smallest absolute Gasteiger partial charge is 0.161 e. The molecular weight excluding hydrogens is 392 g/mol. The fraction of sp³-hybridized carbons (Fsp3) is 0.429. The van der Waals surface area contributed by atoms with Crippen molar-refractivity contribution in [1.82, 2.24) is 9.80 Å². The summed E-state index contributed by atoms with van der Waals surface area (Å²) in [5, 5.41) is 0. The normalized spacial score (nSPS) is 15.8. The van der Waals surface area contributed by atoms with Crippen LogP contribution in [0.5, 0.6) is 11.5 Å². The van der Waals surface area contributed by atoms with E-state index in [1.807, 2.05) is 13.0 Å². The zero-order chi connectivity index (χ0) is 18.4. The zero-order valence-corrected chi connectivity index (χ0v) is 17.2. The van der Waals surface area contributed by atoms with Gasteiger partial charge in [-0.3, -0.25) is 9.80 Å². The van der Waals surface area contributed by atoms with Crippen LogP contribution in [0.25, 0.3) is 0 Å². The highest BCUT2D eigenvalue weighted by Gasteiger charge is 2.18. The quantitative estimate of drug-likeness (QED) is 0.673. The van der Waals surface area contributed by atoms with Gasteiger partial charge in [0.25, 0.3) is 0 Å². The van der Waals surface area contributed by atoms with Crippen molar-refractivity contribution in [2.75, 3.05) is 39.9 Å². The van der Waals surface area contributed by atoms with E-state index < -0.39 is 0 Å². The maximum atomic E-state index is 5.70. The fourth-order valence-electron chi connectivity index (χ4n) is 3.35. The van der Waals surface area contributed by atoms with E-state index in [0.29, 0.717) is 6.61 Å². The molecule has 0 amide bonds. The molecule has 0 bridgehead atoms. The van der Waals surface area contributed by atoms with Crippen LogP contribution < -0.4 is 9.47 Å². The number of halogens is 1. The lowest BCUT2D eigenvalue weighted by Crippen LogP contribution is -2.45. The zero-order valence-electron chi connectivity index (χ0n) is 15.6. The highest BCUT2D eigenvalue weighted by molar-refractivity contribution is 9.10. The minimum atomic E-state index is 0.647. The maximum absolute atomic E-state index is 5.70. The first kappa shape index (κ1) is 19.2. The van der Waals surface area contributed by atoms with Gasteiger partial charge in [-0.05, 0) is 42.3 Å². The molecule has 2 aromatic rings. The van der Waals surface area contributed by atoms with Crippen LogP contribution in [0.1, 0.15) is 18.1 Å². The lowest BCUT2D eigenvalue weighted by Gasteiger charge is -2.34. The summed E-state index contributed by atoms with van der Waals surface area (Å²) in [5.74, 6) is 1.63. The molecule has 0 spiro atoms. The third-order valence-electron chi connectivity index (χ3n) is 4.69. The Hall–Kier alpha value is -1.56. The number of hydrogen-bond acceptors (Lipinski definition) is 4. The lowest BCUT2D eigenvalue weighted by molar-refractivity contribution is 0.122. The molecule has 0 atom stereocenters. The van der Waals surface area contributed by atoms with Gasteiger partial charge in [0.05, 0.1) is 13.7 Å². The molecule has 1 saturated heterocycles. The highest BCUT2D eigenvalue weighted by atomic mass is 79.9. The molecule has 140 valence electrons. The standard InChI is InChI=1S/C21H27BrN2O2/c1-3-26-21-14-18(7-8-20(21)25-2)16-24-11-9-23(10-12-24)15-17-5-4-6-19(22)13-17/h4-8,13-14H,3,9-12,15-16H2,1-2H3. The summed E-state index contributed by atoms with van der Waals surface area (Å²) in [6.07, 6.45) is 0. The predicted octanol–water partition coefficient (Wildman–Crippen LogP) is 4.17. The summed E-state index contributed by atoms with van der Waals surface area (Å²) >= 11 is 3.55. The summed E-state index contributed by atoms with van der Waals surface area (Å²) in [4.78, 5) is 5.03. The van der Waals surface area contributed by atoms with Gasteiger partial charge >= 0.3 is 0 Å². The van der Waals surface area contributed by atoms with Gasteiger partial charge in [-0.15, -0.1) is 0 Å². The Labute approximate surface area is 164 Å². The molecule has 3 rings (SSSR count). The van der Waals surface area contributed by atoms with Crippen LogP contribution in [0, 0.1) is 0 Å². The van der Waals surface area contributed by atoms with E-state index in [2.05, 4.69) is 62.1 Å². The van der Waals surface area contributed by atoms with E-state index in [-0.39, 0.29) is 0 Å². The highest BCUT2D eigenvalue weighted by Crippen LogP contribution is 2.28. The maximum Gasteiger partial charge on any atom is 0.161 e. The summed E-state index contributed by atoms with van der Waals surface area (Å²) < 4.78 is 12.2. The van der Waals surface area contributed by atoms with Crippen molar-refractivity contribution >= 4 is 15.9 Å². The molecule has 1 heterocycles. The van der Waals surface area contributed by atoms with Crippen molar-refractivity contribution in [3.05, 3.63) is 58.1 Å². The predicted molar refractivity (Wildman–Crippen MR) is 109 cm³/mol. The van der Waals surface area contributed by atoms with Crippen LogP contribution in [0.2, 0.25) is 0 Å². The second kappa shape index (κ2) is 9.40. The van der Waals surface area contributed by atoms with E-state index in [1.54, 1.807) is 7.11 Å². The van der Waals surface area contributed by atoms with Gasteiger partial charge in [0.1, 0.15) is 0 Å². The van der Waals surface area contributed by atoms with Crippen LogP contribution in [0.3, 0.4) is 0 Å². The van der Waals surface area contributed by atoms with Gasteiger partial charge < -0.3 is 9.47 Å². The van der Waals surface area contributed by atoms with Gasteiger partial charge in [0.2, 0.25) is 0 Å². The first-order valence-electron chi connectivity index (χ1n) is 9.17. The second-order valence-electron chi connectivity index (χ2n) is 6.60. The summed E-state index contributed by atoms with van der Waals surface area (Å²) in [6, 6.07) is 14.8. The van der Waals surface area contributed by atoms with Crippen molar-refractivity contribution in [1.29, 1.82) is 0 Å². The lowest BCUT2D eigenvalue weighted by atomic mass is 10.1. The molecule has 26 heavy (non-hydrogen) atoms. The molecule has 0 unspecified atom stereocenters. The Bertz CT molecular complexity index is 715. The molecule has 0 aromatic heterocycles. The van der Waals surface area contributed by atoms with E-state index >= 15 is 0 Å². The molecule has 5 heteroatoms. The monoisotopic (exact) mass is 418 g/mol. The number of piperazine rings is 1. The number of hydrogen-bond donors (Lipinski definition) is 0. The van der Waals surface area contributed by atoms with Crippen molar-refractivity contribution in [3.8, 4) is 11.5 Å². The van der Waals surface area contributed by atoms with Crippen LogP contribution in [0.15, 0.2) is 46.9 Å². The Kier molecular flexibility index (Phi) is 6.94. The number of benzene rings is 2. The van der Waals surface area contributed by atoms with Crippen LogP contribution in [-0.2, 0) is 13.1 Å². The topological polar surface area (TPSA) is 24.9 Å². The van der Waals surface area contributed by atoms with E-state index in [0.717, 1.165) is 55.2 Å². The van der Waals surface area contributed by atoms with E-state index in [1.165, 1.54) is 11.1 Å². The molecule has 1 aliphatic heterocycles. The molecular formula is C21H27BrN2O2. The van der Waals surface area contributed by atoms with Crippen LogP contribution in [-0.4, -0.2) is 49.7 Å². The van der Waals surface area contributed by atoms with Gasteiger partial charge in [-0.25, -0.2) is 0 Å². The number of nitrogens with zero attached hydrogens (tertiary/aromatic N) is 2. The van der Waals surface area contributed by atoms with Gasteiger partial charge in [0, 0.05) is 43.7 Å². The molecule has 1 fully saturated rings. The molecule has 0 saturated carbocycles.